The lowest BCUT2D eigenvalue weighted by Crippen LogP contribution is -2.23. The van der Waals surface area contributed by atoms with Gasteiger partial charge in [-0.25, -0.2) is 4.98 Å². The average molecular weight is 333 g/mol. The summed E-state index contributed by atoms with van der Waals surface area (Å²) in [7, 11) is 0. The molecular formula is C18H15N5O2. The number of benzene rings is 1. The Balaban J connectivity index is 1.60. The number of fused-ring (bicyclic) bond motifs is 1. The average Bonchev–Trinajstić information content (AvgIpc) is 3.29. The molecule has 1 aromatic carbocycles. The van der Waals surface area contributed by atoms with Crippen LogP contribution in [-0.2, 0) is 6.54 Å². The molecule has 0 radical (unpaired) electrons. The van der Waals surface area contributed by atoms with Crippen LogP contribution in [-0.4, -0.2) is 20.5 Å². The fraction of sp³-hybridized carbons (Fsp3) is 0.0556. The first-order valence-electron chi connectivity index (χ1n) is 7.72. The molecule has 4 rings (SSSR count). The Bertz CT molecular complexity index is 1020. The summed E-state index contributed by atoms with van der Waals surface area (Å²) in [6.07, 6.45) is 3.10. The van der Waals surface area contributed by atoms with E-state index in [9.17, 15) is 4.79 Å². The summed E-state index contributed by atoms with van der Waals surface area (Å²) < 4.78 is 6.54. The van der Waals surface area contributed by atoms with Gasteiger partial charge in [-0.15, -0.1) is 5.10 Å². The maximum absolute atomic E-state index is 12.4. The van der Waals surface area contributed by atoms with Crippen LogP contribution in [0.1, 0.15) is 15.9 Å². The first-order chi connectivity index (χ1) is 12.2. The van der Waals surface area contributed by atoms with Gasteiger partial charge in [-0.05, 0) is 23.8 Å². The summed E-state index contributed by atoms with van der Waals surface area (Å²) in [6.45, 7) is 0.442. The van der Waals surface area contributed by atoms with Crippen LogP contribution >= 0.6 is 0 Å². The Hall–Kier alpha value is -3.61. The van der Waals surface area contributed by atoms with Crippen molar-refractivity contribution in [2.75, 3.05) is 5.73 Å². The van der Waals surface area contributed by atoms with Crippen molar-refractivity contribution in [3.8, 4) is 11.4 Å². The van der Waals surface area contributed by atoms with Crippen LogP contribution in [0.5, 0.6) is 0 Å². The fourth-order valence-corrected chi connectivity index (χ4v) is 2.53. The first kappa shape index (κ1) is 14.9. The van der Waals surface area contributed by atoms with Crippen LogP contribution < -0.4 is 11.1 Å². The molecule has 0 spiro atoms. The van der Waals surface area contributed by atoms with E-state index in [1.807, 2.05) is 30.3 Å². The van der Waals surface area contributed by atoms with Gasteiger partial charge in [0.2, 0.25) is 0 Å². The van der Waals surface area contributed by atoms with Gasteiger partial charge in [0, 0.05) is 12.1 Å². The van der Waals surface area contributed by atoms with Gasteiger partial charge in [0.25, 0.3) is 5.91 Å². The molecule has 0 saturated carbocycles. The summed E-state index contributed by atoms with van der Waals surface area (Å²) >= 11 is 0. The van der Waals surface area contributed by atoms with Gasteiger partial charge in [0.15, 0.2) is 11.5 Å². The van der Waals surface area contributed by atoms with E-state index in [0.717, 1.165) is 11.1 Å². The van der Waals surface area contributed by atoms with Crippen LogP contribution in [0.2, 0.25) is 0 Å². The molecule has 0 saturated heterocycles. The zero-order chi connectivity index (χ0) is 17.2. The minimum atomic E-state index is -0.217. The number of nitrogens with one attached hydrogen (secondary N) is 1. The third kappa shape index (κ3) is 2.94. The van der Waals surface area contributed by atoms with Crippen molar-refractivity contribution in [1.82, 2.24) is 19.9 Å². The third-order valence-corrected chi connectivity index (χ3v) is 3.80. The molecule has 4 aromatic rings. The third-order valence-electron chi connectivity index (χ3n) is 3.80. The Kier molecular flexibility index (Phi) is 3.66. The predicted molar refractivity (Wildman–Crippen MR) is 92.7 cm³/mol. The maximum atomic E-state index is 12.4. The summed E-state index contributed by atoms with van der Waals surface area (Å²) in [4.78, 5) is 16.8. The maximum Gasteiger partial charge on any atom is 0.251 e. The second-order valence-electron chi connectivity index (χ2n) is 5.55. The zero-order valence-corrected chi connectivity index (χ0v) is 13.2. The predicted octanol–water partition coefficient (Wildman–Crippen LogP) is 2.50. The Morgan fingerprint density at radius 3 is 2.80 bits per heavy atom. The molecule has 3 heterocycles. The SMILES string of the molecule is Nc1cc(C(=O)NCc2ccccc2)cc2nc(-c3ccoc3)nn12. The number of aromatic nitrogens is 3. The van der Waals surface area contributed by atoms with E-state index in [0.29, 0.717) is 29.4 Å². The highest BCUT2D eigenvalue weighted by Crippen LogP contribution is 2.19. The highest BCUT2D eigenvalue weighted by Gasteiger charge is 2.13. The van der Waals surface area contributed by atoms with E-state index in [2.05, 4.69) is 15.4 Å². The lowest BCUT2D eigenvalue weighted by atomic mass is 10.2. The molecule has 124 valence electrons. The molecule has 0 atom stereocenters. The molecule has 0 unspecified atom stereocenters. The Morgan fingerprint density at radius 1 is 1.20 bits per heavy atom. The summed E-state index contributed by atoms with van der Waals surface area (Å²) in [5, 5.41) is 7.21. The number of furan rings is 1. The van der Waals surface area contributed by atoms with E-state index < -0.39 is 0 Å². The number of pyridine rings is 1. The molecule has 3 N–H and O–H groups in total. The lowest BCUT2D eigenvalue weighted by Gasteiger charge is -2.06. The van der Waals surface area contributed by atoms with Crippen molar-refractivity contribution in [3.05, 3.63) is 72.2 Å². The van der Waals surface area contributed by atoms with Gasteiger partial charge in [0.05, 0.1) is 11.8 Å². The van der Waals surface area contributed by atoms with Gasteiger partial charge < -0.3 is 15.5 Å². The summed E-state index contributed by atoms with van der Waals surface area (Å²) in [5.74, 6) is 0.609. The molecule has 0 aliphatic heterocycles. The number of rotatable bonds is 4. The van der Waals surface area contributed by atoms with E-state index in [4.69, 9.17) is 10.2 Å². The molecule has 25 heavy (non-hydrogen) atoms. The molecule has 7 nitrogen and oxygen atoms in total. The Morgan fingerprint density at radius 2 is 2.04 bits per heavy atom. The molecule has 0 bridgehead atoms. The quantitative estimate of drug-likeness (QED) is 0.598. The van der Waals surface area contributed by atoms with Gasteiger partial charge in [0.1, 0.15) is 12.1 Å². The van der Waals surface area contributed by atoms with Crippen LogP contribution in [0.4, 0.5) is 5.82 Å². The van der Waals surface area contributed by atoms with Crippen LogP contribution in [0.3, 0.4) is 0 Å². The molecule has 0 aliphatic carbocycles. The van der Waals surface area contributed by atoms with Gasteiger partial charge in [-0.1, -0.05) is 30.3 Å². The van der Waals surface area contributed by atoms with Crippen molar-refractivity contribution in [2.24, 2.45) is 0 Å². The Labute approximate surface area is 143 Å². The van der Waals surface area contributed by atoms with Crippen molar-refractivity contribution in [2.45, 2.75) is 6.54 Å². The highest BCUT2D eigenvalue weighted by molar-refractivity contribution is 5.95. The van der Waals surface area contributed by atoms with Crippen LogP contribution in [0.15, 0.2) is 65.5 Å². The second-order valence-corrected chi connectivity index (χ2v) is 5.55. The molecule has 0 fully saturated rings. The number of nitrogens with two attached hydrogens (primary N) is 1. The van der Waals surface area contributed by atoms with E-state index >= 15 is 0 Å². The van der Waals surface area contributed by atoms with Crippen molar-refractivity contribution >= 4 is 17.4 Å². The van der Waals surface area contributed by atoms with Gasteiger partial charge >= 0.3 is 0 Å². The number of hydrogen-bond donors (Lipinski definition) is 2. The minimum Gasteiger partial charge on any atom is -0.472 e. The number of carbonyl (C=O) groups is 1. The monoisotopic (exact) mass is 333 g/mol. The van der Waals surface area contributed by atoms with Crippen molar-refractivity contribution < 1.29 is 9.21 Å². The minimum absolute atomic E-state index is 0.217. The number of amides is 1. The summed E-state index contributed by atoms with van der Waals surface area (Å²) in [6, 6.07) is 14.7. The molecular weight excluding hydrogens is 318 g/mol. The summed E-state index contributed by atoms with van der Waals surface area (Å²) in [5.41, 5.74) is 8.74. The first-order valence-corrected chi connectivity index (χ1v) is 7.72. The molecule has 7 heteroatoms. The number of carbonyl (C=O) groups excluding carboxylic acids is 1. The number of hydrogen-bond acceptors (Lipinski definition) is 5. The number of nitrogen functional groups attached to an aromatic ring is 1. The topological polar surface area (TPSA) is 98.5 Å². The van der Waals surface area contributed by atoms with E-state index in [-0.39, 0.29) is 5.91 Å². The second kappa shape index (κ2) is 6.12. The van der Waals surface area contributed by atoms with Gasteiger partial charge in [-0.2, -0.15) is 4.52 Å². The van der Waals surface area contributed by atoms with Crippen LogP contribution in [0.25, 0.3) is 17.0 Å². The van der Waals surface area contributed by atoms with Crippen LogP contribution in [0, 0.1) is 0 Å². The molecule has 0 aliphatic rings. The molecule has 3 aromatic heterocycles. The van der Waals surface area contributed by atoms with Crippen molar-refractivity contribution in [3.63, 3.8) is 0 Å². The van der Waals surface area contributed by atoms with Gasteiger partial charge in [-0.3, -0.25) is 4.79 Å². The molecule has 1 amide bonds. The largest absolute Gasteiger partial charge is 0.472 e. The highest BCUT2D eigenvalue weighted by atomic mass is 16.3. The number of nitrogens with zero attached hydrogens (tertiary/aromatic N) is 3. The number of anilines is 1. The van der Waals surface area contributed by atoms with E-state index in [1.165, 1.54) is 4.52 Å². The van der Waals surface area contributed by atoms with E-state index in [1.54, 1.807) is 30.7 Å². The smallest absolute Gasteiger partial charge is 0.251 e. The van der Waals surface area contributed by atoms with Crippen molar-refractivity contribution in [1.29, 1.82) is 0 Å². The zero-order valence-electron chi connectivity index (χ0n) is 13.2. The standard InChI is InChI=1S/C18H15N5O2/c19-15-8-14(18(24)20-10-12-4-2-1-3-5-12)9-16-21-17(22-23(15)16)13-6-7-25-11-13/h1-9,11H,10,19H2,(H,20,24). The fourth-order valence-electron chi connectivity index (χ4n) is 2.53. The lowest BCUT2D eigenvalue weighted by molar-refractivity contribution is 0.0951. The normalized spacial score (nSPS) is 10.9.